The molecule has 4 rings (SSSR count). The lowest BCUT2D eigenvalue weighted by molar-refractivity contribution is -0.133. The summed E-state index contributed by atoms with van der Waals surface area (Å²) in [5.41, 5.74) is 2.21. The standard InChI is InChI=1S/C30H36Cl2FN3O2S/c1-19(2)14-28(37)35-12-10-20(11-13-35)18-39-29-34-17-27(30(3,4)21-6-8-23(31)24(32)15-21)36(29)22-7-9-25(33)26(16-22)38-5/h6-9,15-17,19-20H,10-14,18H2,1-5H3. The van der Waals surface area contributed by atoms with Crippen LogP contribution in [0, 0.1) is 17.7 Å². The van der Waals surface area contributed by atoms with Gasteiger partial charge in [0, 0.05) is 36.7 Å². The molecule has 0 bridgehead atoms. The topological polar surface area (TPSA) is 47.4 Å². The number of ether oxygens (including phenoxy) is 1. The highest BCUT2D eigenvalue weighted by Gasteiger charge is 2.31. The van der Waals surface area contributed by atoms with Gasteiger partial charge in [-0.1, -0.05) is 68.7 Å². The van der Waals surface area contributed by atoms with Crippen molar-refractivity contribution >= 4 is 40.9 Å². The number of piperidine rings is 1. The van der Waals surface area contributed by atoms with E-state index in [1.165, 1.54) is 13.2 Å². The summed E-state index contributed by atoms with van der Waals surface area (Å²) in [6.07, 6.45) is 4.44. The maximum absolute atomic E-state index is 14.3. The second kappa shape index (κ2) is 12.5. The molecule has 1 aromatic heterocycles. The summed E-state index contributed by atoms with van der Waals surface area (Å²) in [4.78, 5) is 19.3. The summed E-state index contributed by atoms with van der Waals surface area (Å²) in [5.74, 6) is 1.75. The molecule has 3 aromatic rings. The molecule has 1 fully saturated rings. The van der Waals surface area contributed by atoms with Crippen LogP contribution in [0.2, 0.25) is 10.0 Å². The zero-order valence-electron chi connectivity index (χ0n) is 23.1. The van der Waals surface area contributed by atoms with Gasteiger partial charge in [0.25, 0.3) is 0 Å². The Morgan fingerprint density at radius 2 is 1.87 bits per heavy atom. The fourth-order valence-corrected chi connectivity index (χ4v) is 6.44. The summed E-state index contributed by atoms with van der Waals surface area (Å²) in [7, 11) is 1.46. The van der Waals surface area contributed by atoms with Gasteiger partial charge in [-0.2, -0.15) is 0 Å². The number of thioether (sulfide) groups is 1. The van der Waals surface area contributed by atoms with Crippen molar-refractivity contribution in [1.82, 2.24) is 14.5 Å². The maximum Gasteiger partial charge on any atom is 0.222 e. The van der Waals surface area contributed by atoms with Gasteiger partial charge in [0.15, 0.2) is 16.7 Å². The van der Waals surface area contributed by atoms with E-state index in [1.807, 2.05) is 23.2 Å². The number of benzene rings is 2. The van der Waals surface area contributed by atoms with Crippen LogP contribution in [0.15, 0.2) is 47.8 Å². The number of hydrogen-bond donors (Lipinski definition) is 0. The van der Waals surface area contributed by atoms with E-state index in [4.69, 9.17) is 32.9 Å². The van der Waals surface area contributed by atoms with Gasteiger partial charge in [-0.25, -0.2) is 9.37 Å². The van der Waals surface area contributed by atoms with Crippen LogP contribution in [0.5, 0.6) is 5.75 Å². The normalized spacial score (nSPS) is 14.7. The molecule has 1 saturated heterocycles. The Kier molecular flexibility index (Phi) is 9.56. The number of carbonyl (C=O) groups is 1. The first-order valence-corrected chi connectivity index (χ1v) is 15.0. The van der Waals surface area contributed by atoms with Crippen molar-refractivity contribution < 1.29 is 13.9 Å². The highest BCUT2D eigenvalue weighted by Crippen LogP contribution is 2.39. The third kappa shape index (κ3) is 6.75. The Balaban J connectivity index is 1.61. The first-order valence-electron chi connectivity index (χ1n) is 13.3. The second-order valence-corrected chi connectivity index (χ2v) is 12.9. The van der Waals surface area contributed by atoms with Crippen molar-refractivity contribution in [3.63, 3.8) is 0 Å². The lowest BCUT2D eigenvalue weighted by Gasteiger charge is -2.32. The van der Waals surface area contributed by atoms with Crippen molar-refractivity contribution in [3.8, 4) is 11.4 Å². The average molecular weight is 593 g/mol. The monoisotopic (exact) mass is 591 g/mol. The highest BCUT2D eigenvalue weighted by molar-refractivity contribution is 7.99. The van der Waals surface area contributed by atoms with Crippen molar-refractivity contribution in [2.45, 2.75) is 57.5 Å². The summed E-state index contributed by atoms with van der Waals surface area (Å²) >= 11 is 14.3. The van der Waals surface area contributed by atoms with E-state index in [1.54, 1.807) is 30.0 Å². The maximum atomic E-state index is 14.3. The molecule has 0 atom stereocenters. The van der Waals surface area contributed by atoms with Gasteiger partial charge in [0.1, 0.15) is 0 Å². The number of imidazole rings is 1. The molecule has 0 unspecified atom stereocenters. The fraction of sp³-hybridized carbons (Fsp3) is 0.467. The van der Waals surface area contributed by atoms with Crippen LogP contribution in [0.4, 0.5) is 4.39 Å². The van der Waals surface area contributed by atoms with Gasteiger partial charge in [0.05, 0.1) is 34.7 Å². The molecule has 2 aromatic carbocycles. The Labute approximate surface area is 245 Å². The molecule has 1 aliphatic rings. The van der Waals surface area contributed by atoms with E-state index in [9.17, 15) is 9.18 Å². The van der Waals surface area contributed by atoms with Gasteiger partial charge in [0.2, 0.25) is 5.91 Å². The lowest BCUT2D eigenvalue weighted by atomic mass is 9.81. The smallest absolute Gasteiger partial charge is 0.222 e. The van der Waals surface area contributed by atoms with Gasteiger partial charge in [-0.05, 0) is 54.5 Å². The number of likely N-dealkylation sites (tertiary alicyclic amines) is 1. The zero-order valence-corrected chi connectivity index (χ0v) is 25.5. The molecule has 39 heavy (non-hydrogen) atoms. The van der Waals surface area contributed by atoms with Crippen LogP contribution >= 0.6 is 35.0 Å². The number of amides is 1. The minimum Gasteiger partial charge on any atom is -0.494 e. The quantitative estimate of drug-likeness (QED) is 0.236. The Morgan fingerprint density at radius 1 is 1.15 bits per heavy atom. The molecule has 0 N–H and O–H groups in total. The summed E-state index contributed by atoms with van der Waals surface area (Å²) in [6.45, 7) is 9.98. The predicted molar refractivity (Wildman–Crippen MR) is 158 cm³/mol. The van der Waals surface area contributed by atoms with Gasteiger partial charge in [-0.3, -0.25) is 9.36 Å². The van der Waals surface area contributed by atoms with E-state index in [0.29, 0.717) is 28.3 Å². The van der Waals surface area contributed by atoms with Crippen molar-refractivity contribution in [2.75, 3.05) is 26.0 Å². The van der Waals surface area contributed by atoms with E-state index in [0.717, 1.165) is 53.8 Å². The third-order valence-electron chi connectivity index (χ3n) is 7.40. The predicted octanol–water partition coefficient (Wildman–Crippen LogP) is 8.03. The molecule has 210 valence electrons. The van der Waals surface area contributed by atoms with Crippen molar-refractivity contribution in [2.24, 2.45) is 11.8 Å². The fourth-order valence-electron chi connectivity index (χ4n) is 4.97. The first kappa shape index (κ1) is 29.8. The molecular weight excluding hydrogens is 556 g/mol. The molecule has 2 heterocycles. The van der Waals surface area contributed by atoms with Crippen LogP contribution in [0.3, 0.4) is 0 Å². The summed E-state index contributed by atoms with van der Waals surface area (Å²) < 4.78 is 21.7. The second-order valence-electron chi connectivity index (χ2n) is 11.1. The number of rotatable bonds is 9. The molecule has 0 aliphatic carbocycles. The number of methoxy groups -OCH3 is 1. The number of hydrogen-bond acceptors (Lipinski definition) is 4. The van der Waals surface area contributed by atoms with Gasteiger partial charge >= 0.3 is 0 Å². The highest BCUT2D eigenvalue weighted by atomic mass is 35.5. The van der Waals surface area contributed by atoms with Crippen LogP contribution in [-0.4, -0.2) is 46.3 Å². The molecule has 0 radical (unpaired) electrons. The Morgan fingerprint density at radius 3 is 2.51 bits per heavy atom. The summed E-state index contributed by atoms with van der Waals surface area (Å²) in [6, 6.07) is 10.5. The summed E-state index contributed by atoms with van der Waals surface area (Å²) in [5, 5.41) is 1.82. The SMILES string of the molecule is COc1cc(-n2c(C(C)(C)c3ccc(Cl)c(Cl)c3)cnc2SCC2CCN(C(=O)CC(C)C)CC2)ccc1F. The van der Waals surface area contributed by atoms with Crippen LogP contribution in [0.25, 0.3) is 5.69 Å². The van der Waals surface area contributed by atoms with Crippen LogP contribution in [0.1, 0.15) is 58.2 Å². The van der Waals surface area contributed by atoms with Crippen LogP contribution < -0.4 is 4.74 Å². The molecule has 0 spiro atoms. The Hall–Kier alpha value is -2.22. The first-order chi connectivity index (χ1) is 18.5. The minimum absolute atomic E-state index is 0.175. The average Bonchev–Trinajstić information content (AvgIpc) is 3.34. The Bertz CT molecular complexity index is 1320. The molecular formula is C30H36Cl2FN3O2S. The number of aromatic nitrogens is 2. The zero-order chi connectivity index (χ0) is 28.3. The minimum atomic E-state index is -0.482. The van der Waals surface area contributed by atoms with E-state index in [-0.39, 0.29) is 11.7 Å². The van der Waals surface area contributed by atoms with E-state index < -0.39 is 11.2 Å². The third-order valence-corrected chi connectivity index (χ3v) is 9.33. The molecule has 9 heteroatoms. The van der Waals surface area contributed by atoms with E-state index >= 15 is 0 Å². The number of nitrogens with zero attached hydrogens (tertiary/aromatic N) is 3. The number of halogens is 3. The molecule has 1 aliphatic heterocycles. The largest absolute Gasteiger partial charge is 0.494 e. The molecule has 5 nitrogen and oxygen atoms in total. The van der Waals surface area contributed by atoms with Gasteiger partial charge in [-0.15, -0.1) is 0 Å². The van der Waals surface area contributed by atoms with Crippen LogP contribution in [-0.2, 0) is 10.2 Å². The number of carbonyl (C=O) groups excluding carboxylic acids is 1. The molecule has 0 saturated carbocycles. The van der Waals surface area contributed by atoms with E-state index in [2.05, 4.69) is 32.3 Å². The van der Waals surface area contributed by atoms with Crippen molar-refractivity contribution in [1.29, 1.82) is 0 Å². The van der Waals surface area contributed by atoms with Gasteiger partial charge < -0.3 is 9.64 Å². The molecule has 1 amide bonds. The lowest BCUT2D eigenvalue weighted by Crippen LogP contribution is -2.39. The van der Waals surface area contributed by atoms with Crippen molar-refractivity contribution in [3.05, 3.63) is 69.7 Å².